The van der Waals surface area contributed by atoms with E-state index < -0.39 is 5.97 Å². The molecule has 0 aliphatic rings. The maximum absolute atomic E-state index is 11.4. The molecule has 0 bridgehead atoms. The van der Waals surface area contributed by atoms with Gasteiger partial charge in [0.2, 0.25) is 5.91 Å². The molecule has 5 nitrogen and oxygen atoms in total. The molecule has 0 saturated heterocycles. The SMILES string of the molecule is CC(N)CCCC(=O)NCCC(C)CCC(=O)O. The van der Waals surface area contributed by atoms with E-state index >= 15 is 0 Å². The van der Waals surface area contributed by atoms with E-state index in [1.165, 1.54) is 0 Å². The second kappa shape index (κ2) is 9.88. The Morgan fingerprint density at radius 1 is 1.17 bits per heavy atom. The molecule has 0 aliphatic carbocycles. The van der Waals surface area contributed by atoms with Crippen molar-refractivity contribution in [2.24, 2.45) is 11.7 Å². The van der Waals surface area contributed by atoms with Crippen LogP contribution in [-0.2, 0) is 9.59 Å². The van der Waals surface area contributed by atoms with Crippen molar-refractivity contribution < 1.29 is 14.7 Å². The highest BCUT2D eigenvalue weighted by Crippen LogP contribution is 2.09. The molecule has 0 rings (SSSR count). The van der Waals surface area contributed by atoms with Crippen LogP contribution in [-0.4, -0.2) is 29.6 Å². The molecule has 4 N–H and O–H groups in total. The Morgan fingerprint density at radius 3 is 2.39 bits per heavy atom. The van der Waals surface area contributed by atoms with E-state index in [0.29, 0.717) is 25.3 Å². The van der Waals surface area contributed by atoms with Crippen LogP contribution in [0.1, 0.15) is 52.4 Å². The standard InChI is InChI=1S/C13H26N2O3/c1-10(6-7-13(17)18)8-9-15-12(16)5-3-4-11(2)14/h10-11H,3-9,14H2,1-2H3,(H,15,16)(H,17,18). The summed E-state index contributed by atoms with van der Waals surface area (Å²) in [6, 6.07) is 0.147. The Bertz CT molecular complexity index is 255. The monoisotopic (exact) mass is 258 g/mol. The van der Waals surface area contributed by atoms with Crippen LogP contribution in [0, 0.1) is 5.92 Å². The van der Waals surface area contributed by atoms with E-state index in [0.717, 1.165) is 19.3 Å². The van der Waals surface area contributed by atoms with Crippen molar-refractivity contribution in [1.29, 1.82) is 0 Å². The predicted molar refractivity (Wildman–Crippen MR) is 71.2 cm³/mol. The Balaban J connectivity index is 3.46. The summed E-state index contributed by atoms with van der Waals surface area (Å²) in [4.78, 5) is 21.8. The van der Waals surface area contributed by atoms with Gasteiger partial charge in [0.05, 0.1) is 0 Å². The van der Waals surface area contributed by atoms with E-state index in [4.69, 9.17) is 10.8 Å². The molecule has 0 saturated carbocycles. The second-order valence-corrected chi connectivity index (χ2v) is 5.05. The van der Waals surface area contributed by atoms with Crippen molar-refractivity contribution in [2.75, 3.05) is 6.54 Å². The number of amides is 1. The molecule has 0 aromatic carbocycles. The van der Waals surface area contributed by atoms with Crippen LogP contribution in [0.15, 0.2) is 0 Å². The van der Waals surface area contributed by atoms with Crippen LogP contribution in [0.5, 0.6) is 0 Å². The zero-order chi connectivity index (χ0) is 14.0. The van der Waals surface area contributed by atoms with Gasteiger partial charge in [-0.1, -0.05) is 6.92 Å². The molecule has 2 atom stereocenters. The summed E-state index contributed by atoms with van der Waals surface area (Å²) in [6.45, 7) is 4.56. The maximum atomic E-state index is 11.4. The lowest BCUT2D eigenvalue weighted by Crippen LogP contribution is -2.26. The van der Waals surface area contributed by atoms with Gasteiger partial charge in [-0.3, -0.25) is 9.59 Å². The normalized spacial score (nSPS) is 13.9. The minimum Gasteiger partial charge on any atom is -0.481 e. The summed E-state index contributed by atoms with van der Waals surface area (Å²) in [6.07, 6.45) is 3.89. The van der Waals surface area contributed by atoms with Gasteiger partial charge in [0.15, 0.2) is 0 Å². The van der Waals surface area contributed by atoms with Crippen molar-refractivity contribution in [3.05, 3.63) is 0 Å². The fourth-order valence-corrected chi connectivity index (χ4v) is 1.65. The number of hydrogen-bond donors (Lipinski definition) is 3. The van der Waals surface area contributed by atoms with Crippen molar-refractivity contribution >= 4 is 11.9 Å². The van der Waals surface area contributed by atoms with E-state index in [1.807, 2.05) is 13.8 Å². The average molecular weight is 258 g/mol. The molecule has 0 heterocycles. The molecule has 0 aromatic rings. The Kier molecular flexibility index (Phi) is 9.28. The Morgan fingerprint density at radius 2 is 1.83 bits per heavy atom. The fourth-order valence-electron chi connectivity index (χ4n) is 1.65. The van der Waals surface area contributed by atoms with Crippen molar-refractivity contribution in [3.63, 3.8) is 0 Å². The van der Waals surface area contributed by atoms with E-state index in [9.17, 15) is 9.59 Å². The largest absolute Gasteiger partial charge is 0.481 e. The Labute approximate surface area is 109 Å². The smallest absolute Gasteiger partial charge is 0.303 e. The topological polar surface area (TPSA) is 92.4 Å². The average Bonchev–Trinajstić information content (AvgIpc) is 2.25. The third-order valence-electron chi connectivity index (χ3n) is 2.87. The minimum absolute atomic E-state index is 0.0566. The van der Waals surface area contributed by atoms with E-state index in [2.05, 4.69) is 5.32 Å². The van der Waals surface area contributed by atoms with Crippen molar-refractivity contribution in [1.82, 2.24) is 5.32 Å². The summed E-state index contributed by atoms with van der Waals surface area (Å²) >= 11 is 0. The van der Waals surface area contributed by atoms with Crippen LogP contribution >= 0.6 is 0 Å². The van der Waals surface area contributed by atoms with Gasteiger partial charge >= 0.3 is 5.97 Å². The van der Waals surface area contributed by atoms with Crippen LogP contribution in [0.25, 0.3) is 0 Å². The zero-order valence-electron chi connectivity index (χ0n) is 11.4. The first-order valence-corrected chi connectivity index (χ1v) is 6.66. The third kappa shape index (κ3) is 11.4. The van der Waals surface area contributed by atoms with Crippen molar-refractivity contribution in [2.45, 2.75) is 58.4 Å². The number of rotatable bonds is 10. The predicted octanol–water partition coefficient (Wildman–Crippen LogP) is 1.51. The summed E-state index contributed by atoms with van der Waals surface area (Å²) in [5.41, 5.74) is 5.60. The second-order valence-electron chi connectivity index (χ2n) is 5.05. The van der Waals surface area contributed by atoms with Gasteiger partial charge in [0.25, 0.3) is 0 Å². The summed E-state index contributed by atoms with van der Waals surface area (Å²) in [5.74, 6) is -0.381. The maximum Gasteiger partial charge on any atom is 0.303 e. The molecule has 0 spiro atoms. The van der Waals surface area contributed by atoms with Gasteiger partial charge in [-0.25, -0.2) is 0 Å². The molecule has 0 aromatic heterocycles. The first-order chi connectivity index (χ1) is 8.41. The van der Waals surface area contributed by atoms with Gasteiger partial charge in [0, 0.05) is 25.4 Å². The highest BCUT2D eigenvalue weighted by molar-refractivity contribution is 5.75. The fraction of sp³-hybridized carbons (Fsp3) is 0.846. The quantitative estimate of drug-likeness (QED) is 0.554. The lowest BCUT2D eigenvalue weighted by molar-refractivity contribution is -0.137. The highest BCUT2D eigenvalue weighted by Gasteiger charge is 2.07. The lowest BCUT2D eigenvalue weighted by atomic mass is 10.0. The van der Waals surface area contributed by atoms with Gasteiger partial charge in [-0.05, 0) is 38.5 Å². The number of carboxylic acids is 1. The first-order valence-electron chi connectivity index (χ1n) is 6.66. The first kappa shape index (κ1) is 16.9. The highest BCUT2D eigenvalue weighted by atomic mass is 16.4. The third-order valence-corrected chi connectivity index (χ3v) is 2.87. The summed E-state index contributed by atoms with van der Waals surface area (Å²) in [5, 5.41) is 11.4. The molecule has 0 aliphatic heterocycles. The van der Waals surface area contributed by atoms with Gasteiger partial charge in [-0.15, -0.1) is 0 Å². The number of nitrogens with one attached hydrogen (secondary N) is 1. The summed E-state index contributed by atoms with van der Waals surface area (Å²) in [7, 11) is 0. The number of carbonyl (C=O) groups excluding carboxylic acids is 1. The molecule has 106 valence electrons. The Hall–Kier alpha value is -1.10. The molecule has 1 amide bonds. The number of hydrogen-bond acceptors (Lipinski definition) is 3. The minimum atomic E-state index is -0.762. The molecule has 0 radical (unpaired) electrons. The molecular weight excluding hydrogens is 232 g/mol. The van der Waals surface area contributed by atoms with Crippen LogP contribution in [0.2, 0.25) is 0 Å². The lowest BCUT2D eigenvalue weighted by Gasteiger charge is -2.11. The molecule has 2 unspecified atom stereocenters. The molecule has 5 heteroatoms. The number of carbonyl (C=O) groups is 2. The van der Waals surface area contributed by atoms with Gasteiger partial charge in [0.1, 0.15) is 0 Å². The van der Waals surface area contributed by atoms with Gasteiger partial charge < -0.3 is 16.2 Å². The van der Waals surface area contributed by atoms with Crippen LogP contribution in [0.3, 0.4) is 0 Å². The number of nitrogens with two attached hydrogens (primary N) is 1. The van der Waals surface area contributed by atoms with E-state index in [-0.39, 0.29) is 18.4 Å². The number of aliphatic carboxylic acids is 1. The zero-order valence-corrected chi connectivity index (χ0v) is 11.4. The van der Waals surface area contributed by atoms with Crippen LogP contribution < -0.4 is 11.1 Å². The van der Waals surface area contributed by atoms with E-state index in [1.54, 1.807) is 0 Å². The molecular formula is C13H26N2O3. The van der Waals surface area contributed by atoms with Crippen molar-refractivity contribution in [3.8, 4) is 0 Å². The van der Waals surface area contributed by atoms with Gasteiger partial charge in [-0.2, -0.15) is 0 Å². The molecule has 0 fully saturated rings. The number of carboxylic acid groups (broad SMARTS) is 1. The summed E-state index contributed by atoms with van der Waals surface area (Å²) < 4.78 is 0. The molecule has 18 heavy (non-hydrogen) atoms. The van der Waals surface area contributed by atoms with Crippen LogP contribution in [0.4, 0.5) is 0 Å².